The third kappa shape index (κ3) is 3.29. The van der Waals surface area contributed by atoms with Gasteiger partial charge in [0.25, 0.3) is 0 Å². The summed E-state index contributed by atoms with van der Waals surface area (Å²) in [6, 6.07) is 3.16. The van der Waals surface area contributed by atoms with Gasteiger partial charge >= 0.3 is 0 Å². The van der Waals surface area contributed by atoms with Gasteiger partial charge < -0.3 is 10.5 Å². The molecule has 7 heteroatoms. The average molecular weight is 301 g/mol. The molecule has 114 valence electrons. The van der Waals surface area contributed by atoms with Crippen LogP contribution in [-0.4, -0.2) is 37.0 Å². The highest BCUT2D eigenvalue weighted by molar-refractivity contribution is 7.89. The Balaban J connectivity index is 3.41. The predicted octanol–water partition coefficient (Wildman–Crippen LogP) is 0.980. The van der Waals surface area contributed by atoms with Crippen molar-refractivity contribution in [1.29, 1.82) is 0 Å². The third-order valence-electron chi connectivity index (χ3n) is 3.09. The number of aliphatic hydroxyl groups excluding tert-OH is 1. The second-order valence-corrected chi connectivity index (χ2v) is 6.84. The fourth-order valence-corrected chi connectivity index (χ4v) is 4.36. The molecule has 0 radical (unpaired) electrons. The lowest BCUT2D eigenvalue weighted by Gasteiger charge is -2.27. The van der Waals surface area contributed by atoms with Gasteiger partial charge in [-0.3, -0.25) is 5.84 Å². The smallest absolute Gasteiger partial charge is 0.243 e. The van der Waals surface area contributed by atoms with Crippen LogP contribution in [0.2, 0.25) is 0 Å². The highest BCUT2D eigenvalue weighted by atomic mass is 32.2. The summed E-state index contributed by atoms with van der Waals surface area (Å²) >= 11 is 0. The van der Waals surface area contributed by atoms with Gasteiger partial charge in [-0.05, 0) is 51.0 Å². The van der Waals surface area contributed by atoms with Crippen molar-refractivity contribution in [3.63, 3.8) is 0 Å². The number of aryl methyl sites for hydroxylation is 2. The number of aliphatic hydroxyl groups is 1. The quantitative estimate of drug-likeness (QED) is 0.538. The highest BCUT2D eigenvalue weighted by Gasteiger charge is 2.29. The molecule has 6 nitrogen and oxygen atoms in total. The van der Waals surface area contributed by atoms with Crippen LogP contribution < -0.4 is 11.3 Å². The molecular formula is C13H23N3O3S. The van der Waals surface area contributed by atoms with Crippen LogP contribution in [-0.2, 0) is 10.0 Å². The number of hydrogen-bond donors (Lipinski definition) is 3. The molecule has 1 aromatic rings. The Hall–Kier alpha value is -1.15. The Morgan fingerprint density at radius 3 is 2.15 bits per heavy atom. The van der Waals surface area contributed by atoms with E-state index < -0.39 is 10.0 Å². The Morgan fingerprint density at radius 1 is 1.30 bits per heavy atom. The van der Waals surface area contributed by atoms with E-state index in [2.05, 4.69) is 5.43 Å². The Morgan fingerprint density at radius 2 is 1.80 bits per heavy atom. The number of hydrazine groups is 1. The minimum atomic E-state index is -3.64. The van der Waals surface area contributed by atoms with Crippen LogP contribution in [0.4, 0.5) is 5.69 Å². The number of nitrogens with zero attached hydrogens (tertiary/aromatic N) is 1. The minimum absolute atomic E-state index is 0.0791. The molecule has 0 amide bonds. The second kappa shape index (κ2) is 6.53. The molecule has 0 saturated heterocycles. The molecule has 0 aliphatic rings. The SMILES string of the molecule is Cc1cc(NN)cc(C)c1S(=O)(=O)N(CCO)C(C)C. The summed E-state index contributed by atoms with van der Waals surface area (Å²) < 4.78 is 26.8. The summed E-state index contributed by atoms with van der Waals surface area (Å²) in [5, 5.41) is 9.08. The maximum Gasteiger partial charge on any atom is 0.243 e. The topological polar surface area (TPSA) is 95.7 Å². The first kappa shape index (κ1) is 16.9. The van der Waals surface area contributed by atoms with Gasteiger partial charge in [-0.2, -0.15) is 4.31 Å². The summed E-state index contributed by atoms with van der Waals surface area (Å²) in [6.07, 6.45) is 0. The normalized spacial score (nSPS) is 12.2. The first-order valence-corrected chi connectivity index (χ1v) is 7.90. The summed E-state index contributed by atoms with van der Waals surface area (Å²) in [7, 11) is -3.64. The molecule has 0 aliphatic heterocycles. The lowest BCUT2D eigenvalue weighted by molar-refractivity contribution is 0.236. The van der Waals surface area contributed by atoms with Crippen LogP contribution >= 0.6 is 0 Å². The van der Waals surface area contributed by atoms with Gasteiger partial charge in [0.05, 0.1) is 11.5 Å². The predicted molar refractivity (Wildman–Crippen MR) is 79.8 cm³/mol. The molecule has 1 aromatic carbocycles. The average Bonchev–Trinajstić information content (AvgIpc) is 2.33. The van der Waals surface area contributed by atoms with Crippen molar-refractivity contribution < 1.29 is 13.5 Å². The molecule has 20 heavy (non-hydrogen) atoms. The van der Waals surface area contributed by atoms with Crippen molar-refractivity contribution in [3.05, 3.63) is 23.3 Å². The Kier molecular flexibility index (Phi) is 5.52. The summed E-state index contributed by atoms with van der Waals surface area (Å²) in [4.78, 5) is 0.277. The molecular weight excluding hydrogens is 278 g/mol. The number of nitrogens with two attached hydrogens (primary N) is 1. The van der Waals surface area contributed by atoms with Crippen molar-refractivity contribution in [2.45, 2.75) is 38.6 Å². The second-order valence-electron chi connectivity index (χ2n) is 5.02. The molecule has 0 unspecified atom stereocenters. The van der Waals surface area contributed by atoms with Gasteiger partial charge in [0.1, 0.15) is 0 Å². The largest absolute Gasteiger partial charge is 0.395 e. The number of anilines is 1. The van der Waals surface area contributed by atoms with Crippen LogP contribution in [0.25, 0.3) is 0 Å². The molecule has 4 N–H and O–H groups in total. The number of nitrogens with one attached hydrogen (secondary N) is 1. The first-order valence-electron chi connectivity index (χ1n) is 6.46. The van der Waals surface area contributed by atoms with E-state index in [0.717, 1.165) is 0 Å². The van der Waals surface area contributed by atoms with Crippen LogP contribution in [0.1, 0.15) is 25.0 Å². The molecule has 0 aromatic heterocycles. The molecule has 0 atom stereocenters. The van der Waals surface area contributed by atoms with E-state index in [1.165, 1.54) is 4.31 Å². The lowest BCUT2D eigenvalue weighted by Crippen LogP contribution is -2.39. The van der Waals surface area contributed by atoms with E-state index >= 15 is 0 Å². The highest BCUT2D eigenvalue weighted by Crippen LogP contribution is 2.27. The zero-order valence-corrected chi connectivity index (χ0v) is 13.2. The number of sulfonamides is 1. The molecule has 0 heterocycles. The summed E-state index contributed by atoms with van der Waals surface area (Å²) in [5.41, 5.74) is 4.43. The summed E-state index contributed by atoms with van der Waals surface area (Å²) in [5.74, 6) is 5.36. The molecule has 0 bridgehead atoms. The maximum atomic E-state index is 12.8. The van der Waals surface area contributed by atoms with Crippen molar-refractivity contribution in [3.8, 4) is 0 Å². The molecule has 0 fully saturated rings. The molecule has 0 aliphatic carbocycles. The minimum Gasteiger partial charge on any atom is -0.395 e. The zero-order chi connectivity index (χ0) is 15.5. The third-order valence-corrected chi connectivity index (χ3v) is 5.47. The van der Waals surface area contributed by atoms with Crippen LogP contribution in [0.15, 0.2) is 17.0 Å². The monoisotopic (exact) mass is 301 g/mol. The van der Waals surface area contributed by atoms with Gasteiger partial charge in [0, 0.05) is 18.3 Å². The summed E-state index contributed by atoms with van der Waals surface area (Å²) in [6.45, 7) is 6.91. The Labute approximate surface area is 120 Å². The van der Waals surface area contributed by atoms with Crippen LogP contribution in [0, 0.1) is 13.8 Å². The molecule has 1 rings (SSSR count). The first-order chi connectivity index (χ1) is 9.25. The van der Waals surface area contributed by atoms with Gasteiger partial charge in [-0.25, -0.2) is 8.42 Å². The van der Waals surface area contributed by atoms with Crippen molar-refractivity contribution in [2.24, 2.45) is 5.84 Å². The number of nitrogen functional groups attached to an aromatic ring is 1. The maximum absolute atomic E-state index is 12.8. The van der Waals surface area contributed by atoms with Crippen molar-refractivity contribution in [2.75, 3.05) is 18.6 Å². The number of rotatable bonds is 6. The van der Waals surface area contributed by atoms with Crippen molar-refractivity contribution >= 4 is 15.7 Å². The lowest BCUT2D eigenvalue weighted by atomic mass is 10.1. The van der Waals surface area contributed by atoms with Gasteiger partial charge in [0.15, 0.2) is 0 Å². The fourth-order valence-electron chi connectivity index (χ4n) is 2.31. The molecule has 0 saturated carbocycles. The van der Waals surface area contributed by atoms with E-state index in [4.69, 9.17) is 10.9 Å². The van der Waals surface area contributed by atoms with E-state index in [9.17, 15) is 8.42 Å². The van der Waals surface area contributed by atoms with E-state index in [0.29, 0.717) is 16.8 Å². The van der Waals surface area contributed by atoms with Gasteiger partial charge in [0.2, 0.25) is 10.0 Å². The number of hydrogen-bond acceptors (Lipinski definition) is 5. The van der Waals surface area contributed by atoms with Gasteiger partial charge in [-0.15, -0.1) is 0 Å². The fraction of sp³-hybridized carbons (Fsp3) is 0.538. The van der Waals surface area contributed by atoms with Crippen molar-refractivity contribution in [1.82, 2.24) is 4.31 Å². The zero-order valence-electron chi connectivity index (χ0n) is 12.3. The van der Waals surface area contributed by atoms with E-state index in [-0.39, 0.29) is 24.1 Å². The van der Waals surface area contributed by atoms with Crippen LogP contribution in [0.5, 0.6) is 0 Å². The van der Waals surface area contributed by atoms with Gasteiger partial charge in [-0.1, -0.05) is 0 Å². The number of benzene rings is 1. The molecule has 0 spiro atoms. The van der Waals surface area contributed by atoms with Crippen LogP contribution in [0.3, 0.4) is 0 Å². The standard InChI is InChI=1S/C13H23N3O3S/c1-9(2)16(5-6-17)20(18,19)13-10(3)7-12(15-14)8-11(13)4/h7-9,15,17H,5-6,14H2,1-4H3. The Bertz CT molecular complexity index is 547. The van der Waals surface area contributed by atoms with E-state index in [1.54, 1.807) is 39.8 Å². The van der Waals surface area contributed by atoms with E-state index in [1.807, 2.05) is 0 Å².